The van der Waals surface area contributed by atoms with Crippen molar-refractivity contribution in [1.82, 2.24) is 9.97 Å². The molecule has 1 N–H and O–H groups in total. The Morgan fingerprint density at radius 2 is 2.06 bits per heavy atom. The Morgan fingerprint density at radius 1 is 1.28 bits per heavy atom. The molecule has 0 bridgehead atoms. The van der Waals surface area contributed by atoms with Crippen molar-refractivity contribution >= 4 is 11.6 Å². The minimum absolute atomic E-state index is 0.822. The van der Waals surface area contributed by atoms with Gasteiger partial charge in [0.25, 0.3) is 0 Å². The first-order chi connectivity index (χ1) is 8.65. The van der Waals surface area contributed by atoms with Gasteiger partial charge in [0.05, 0.1) is 0 Å². The van der Waals surface area contributed by atoms with Crippen LogP contribution in [0.5, 0.6) is 0 Å². The quantitative estimate of drug-likeness (QED) is 0.889. The summed E-state index contributed by atoms with van der Waals surface area (Å²) in [6.45, 7) is 11.6. The third-order valence-corrected chi connectivity index (χ3v) is 3.74. The summed E-state index contributed by atoms with van der Waals surface area (Å²) in [5.74, 6) is 3.78. The Balaban J connectivity index is 2.27. The monoisotopic (exact) mass is 248 g/mol. The largest absolute Gasteiger partial charge is 0.370 e. The standard InChI is InChI=1S/C14H24N4/c1-5-12-7-8-18(9-12)14-10(3)13(15-6-2)16-11(4)17-14/h12H,5-9H2,1-4H3,(H,15,16,17). The van der Waals surface area contributed by atoms with Crippen LogP contribution in [0.15, 0.2) is 0 Å². The van der Waals surface area contributed by atoms with Crippen LogP contribution in [0, 0.1) is 19.8 Å². The number of nitrogens with one attached hydrogen (secondary N) is 1. The lowest BCUT2D eigenvalue weighted by Gasteiger charge is -2.21. The lowest BCUT2D eigenvalue weighted by Crippen LogP contribution is -2.23. The van der Waals surface area contributed by atoms with Crippen molar-refractivity contribution in [3.63, 3.8) is 0 Å². The molecule has 1 fully saturated rings. The van der Waals surface area contributed by atoms with Gasteiger partial charge in [0.15, 0.2) is 0 Å². The van der Waals surface area contributed by atoms with Crippen LogP contribution in [0.3, 0.4) is 0 Å². The molecule has 0 aliphatic carbocycles. The first-order valence-electron chi connectivity index (χ1n) is 6.99. The van der Waals surface area contributed by atoms with Crippen molar-refractivity contribution in [2.45, 2.75) is 40.5 Å². The second kappa shape index (κ2) is 5.55. The number of anilines is 2. The van der Waals surface area contributed by atoms with Crippen LogP contribution >= 0.6 is 0 Å². The van der Waals surface area contributed by atoms with Crippen LogP contribution in [0.25, 0.3) is 0 Å². The summed E-state index contributed by atoms with van der Waals surface area (Å²) >= 11 is 0. The molecule has 0 spiro atoms. The summed E-state index contributed by atoms with van der Waals surface area (Å²) < 4.78 is 0. The van der Waals surface area contributed by atoms with E-state index in [1.165, 1.54) is 18.4 Å². The van der Waals surface area contributed by atoms with Gasteiger partial charge in [-0.3, -0.25) is 0 Å². The predicted molar refractivity (Wildman–Crippen MR) is 76.3 cm³/mol. The molecule has 18 heavy (non-hydrogen) atoms. The second-order valence-corrected chi connectivity index (χ2v) is 5.11. The molecule has 0 aromatic carbocycles. The van der Waals surface area contributed by atoms with E-state index >= 15 is 0 Å². The van der Waals surface area contributed by atoms with Gasteiger partial charge in [0, 0.05) is 25.2 Å². The highest BCUT2D eigenvalue weighted by Crippen LogP contribution is 2.29. The second-order valence-electron chi connectivity index (χ2n) is 5.11. The van der Waals surface area contributed by atoms with Crippen molar-refractivity contribution in [2.75, 3.05) is 29.9 Å². The average Bonchev–Trinajstić information content (AvgIpc) is 2.82. The molecular weight excluding hydrogens is 224 g/mol. The van der Waals surface area contributed by atoms with Gasteiger partial charge in [0.1, 0.15) is 17.5 Å². The zero-order valence-electron chi connectivity index (χ0n) is 12.0. The van der Waals surface area contributed by atoms with Gasteiger partial charge in [-0.05, 0) is 33.1 Å². The minimum atomic E-state index is 0.822. The van der Waals surface area contributed by atoms with Gasteiger partial charge in [-0.25, -0.2) is 9.97 Å². The highest BCUT2D eigenvalue weighted by atomic mass is 15.2. The van der Waals surface area contributed by atoms with Crippen LogP contribution < -0.4 is 10.2 Å². The molecule has 0 amide bonds. The lowest BCUT2D eigenvalue weighted by molar-refractivity contribution is 0.568. The Hall–Kier alpha value is -1.32. The van der Waals surface area contributed by atoms with Crippen LogP contribution in [0.1, 0.15) is 38.1 Å². The summed E-state index contributed by atoms with van der Waals surface area (Å²) in [5, 5.41) is 3.33. The number of hydrogen-bond acceptors (Lipinski definition) is 4. The van der Waals surface area contributed by atoms with Gasteiger partial charge < -0.3 is 10.2 Å². The molecule has 0 saturated carbocycles. The van der Waals surface area contributed by atoms with E-state index in [4.69, 9.17) is 0 Å². The van der Waals surface area contributed by atoms with Gasteiger partial charge >= 0.3 is 0 Å². The fourth-order valence-corrected chi connectivity index (χ4v) is 2.62. The Labute approximate surface area is 110 Å². The summed E-state index contributed by atoms with van der Waals surface area (Å²) in [5.41, 5.74) is 1.18. The van der Waals surface area contributed by atoms with E-state index in [0.717, 1.165) is 43.0 Å². The molecule has 4 nitrogen and oxygen atoms in total. The minimum Gasteiger partial charge on any atom is -0.370 e. The highest BCUT2D eigenvalue weighted by molar-refractivity contribution is 5.59. The van der Waals surface area contributed by atoms with E-state index in [2.05, 4.69) is 41.0 Å². The molecule has 1 atom stereocenters. The van der Waals surface area contributed by atoms with E-state index in [0.29, 0.717) is 0 Å². The maximum absolute atomic E-state index is 4.64. The molecule has 1 unspecified atom stereocenters. The topological polar surface area (TPSA) is 41.1 Å². The summed E-state index contributed by atoms with van der Waals surface area (Å²) in [4.78, 5) is 11.5. The maximum atomic E-state index is 4.64. The van der Waals surface area contributed by atoms with E-state index < -0.39 is 0 Å². The van der Waals surface area contributed by atoms with Crippen molar-refractivity contribution in [2.24, 2.45) is 5.92 Å². The number of nitrogens with zero attached hydrogens (tertiary/aromatic N) is 3. The number of aromatic nitrogens is 2. The zero-order valence-corrected chi connectivity index (χ0v) is 12.0. The highest BCUT2D eigenvalue weighted by Gasteiger charge is 2.24. The molecule has 4 heteroatoms. The fraction of sp³-hybridized carbons (Fsp3) is 0.714. The Kier molecular flexibility index (Phi) is 4.04. The molecule has 100 valence electrons. The Morgan fingerprint density at radius 3 is 2.67 bits per heavy atom. The third-order valence-electron chi connectivity index (χ3n) is 3.74. The zero-order chi connectivity index (χ0) is 13.1. The first-order valence-corrected chi connectivity index (χ1v) is 6.99. The number of aryl methyl sites for hydroxylation is 1. The van der Waals surface area contributed by atoms with E-state index in [9.17, 15) is 0 Å². The van der Waals surface area contributed by atoms with E-state index in [1.807, 2.05) is 6.92 Å². The molecule has 1 aliphatic rings. The van der Waals surface area contributed by atoms with Crippen molar-refractivity contribution in [3.8, 4) is 0 Å². The van der Waals surface area contributed by atoms with Gasteiger partial charge in [-0.2, -0.15) is 0 Å². The van der Waals surface area contributed by atoms with Crippen molar-refractivity contribution in [3.05, 3.63) is 11.4 Å². The molecule has 1 saturated heterocycles. The van der Waals surface area contributed by atoms with Gasteiger partial charge in [-0.1, -0.05) is 13.3 Å². The van der Waals surface area contributed by atoms with E-state index in [-0.39, 0.29) is 0 Å². The summed E-state index contributed by atoms with van der Waals surface area (Å²) in [6, 6.07) is 0. The normalized spacial score (nSPS) is 19.3. The molecule has 0 radical (unpaired) electrons. The SMILES string of the molecule is CCNc1nc(C)nc(N2CCC(CC)C2)c1C. The molecule has 1 aromatic rings. The van der Waals surface area contributed by atoms with Crippen LogP contribution in [-0.2, 0) is 0 Å². The molecule has 2 rings (SSSR count). The maximum Gasteiger partial charge on any atom is 0.137 e. The molecular formula is C14H24N4. The summed E-state index contributed by atoms with van der Waals surface area (Å²) in [6.07, 6.45) is 2.55. The molecule has 1 aromatic heterocycles. The van der Waals surface area contributed by atoms with Crippen LogP contribution in [-0.4, -0.2) is 29.6 Å². The molecule has 2 heterocycles. The summed E-state index contributed by atoms with van der Waals surface area (Å²) in [7, 11) is 0. The average molecular weight is 248 g/mol. The number of hydrogen-bond donors (Lipinski definition) is 1. The predicted octanol–water partition coefficient (Wildman–Crippen LogP) is 2.76. The van der Waals surface area contributed by atoms with Gasteiger partial charge in [0.2, 0.25) is 0 Å². The first kappa shape index (κ1) is 13.1. The Bertz CT molecular complexity index is 417. The van der Waals surface area contributed by atoms with E-state index in [1.54, 1.807) is 0 Å². The van der Waals surface area contributed by atoms with Crippen LogP contribution in [0.2, 0.25) is 0 Å². The van der Waals surface area contributed by atoms with Gasteiger partial charge in [-0.15, -0.1) is 0 Å². The third kappa shape index (κ3) is 2.57. The van der Waals surface area contributed by atoms with Crippen LogP contribution in [0.4, 0.5) is 11.6 Å². The van der Waals surface area contributed by atoms with Crippen molar-refractivity contribution in [1.29, 1.82) is 0 Å². The lowest BCUT2D eigenvalue weighted by atomic mass is 10.1. The molecule has 1 aliphatic heterocycles. The number of rotatable bonds is 4. The van der Waals surface area contributed by atoms with Crippen molar-refractivity contribution < 1.29 is 0 Å². The smallest absolute Gasteiger partial charge is 0.137 e. The fourth-order valence-electron chi connectivity index (χ4n) is 2.62.